The SMILES string of the molecule is CCOc1ccc(N(CC(=O)NC(C)(C)CC)S(=O)(=O)c2ccc(Br)cc2)cc1. The highest BCUT2D eigenvalue weighted by molar-refractivity contribution is 9.10. The molecule has 0 atom stereocenters. The summed E-state index contributed by atoms with van der Waals surface area (Å²) < 4.78 is 34.0. The third-order valence-corrected chi connectivity index (χ3v) is 6.80. The van der Waals surface area contributed by atoms with Crippen LogP contribution in [0.1, 0.15) is 34.1 Å². The summed E-state index contributed by atoms with van der Waals surface area (Å²) in [7, 11) is -3.94. The molecule has 0 aliphatic rings. The number of halogens is 1. The van der Waals surface area contributed by atoms with E-state index in [-0.39, 0.29) is 17.3 Å². The van der Waals surface area contributed by atoms with Crippen molar-refractivity contribution < 1.29 is 17.9 Å². The van der Waals surface area contributed by atoms with Gasteiger partial charge in [-0.05, 0) is 75.7 Å². The van der Waals surface area contributed by atoms with Crippen LogP contribution in [0.3, 0.4) is 0 Å². The van der Waals surface area contributed by atoms with Crippen LogP contribution in [0.2, 0.25) is 0 Å². The molecule has 1 N–H and O–H groups in total. The molecular weight excluding hydrogens is 456 g/mol. The second kappa shape index (κ2) is 9.63. The van der Waals surface area contributed by atoms with Crippen LogP contribution in [0.4, 0.5) is 5.69 Å². The van der Waals surface area contributed by atoms with Gasteiger partial charge in [0.15, 0.2) is 0 Å². The Hall–Kier alpha value is -2.06. The van der Waals surface area contributed by atoms with Gasteiger partial charge in [0.25, 0.3) is 10.0 Å². The lowest BCUT2D eigenvalue weighted by molar-refractivity contribution is -0.121. The van der Waals surface area contributed by atoms with Crippen LogP contribution >= 0.6 is 15.9 Å². The van der Waals surface area contributed by atoms with Crippen molar-refractivity contribution in [2.24, 2.45) is 0 Å². The number of rotatable bonds is 9. The lowest BCUT2D eigenvalue weighted by Crippen LogP contribution is -2.48. The molecule has 0 saturated carbocycles. The van der Waals surface area contributed by atoms with Gasteiger partial charge in [-0.1, -0.05) is 22.9 Å². The van der Waals surface area contributed by atoms with Crippen molar-refractivity contribution in [3.63, 3.8) is 0 Å². The molecule has 0 fully saturated rings. The fourth-order valence-corrected chi connectivity index (χ4v) is 4.25. The fourth-order valence-electron chi connectivity index (χ4n) is 2.56. The Morgan fingerprint density at radius 2 is 1.66 bits per heavy atom. The summed E-state index contributed by atoms with van der Waals surface area (Å²) in [5.74, 6) is 0.264. The Morgan fingerprint density at radius 1 is 1.07 bits per heavy atom. The molecule has 2 aromatic carbocycles. The summed E-state index contributed by atoms with van der Waals surface area (Å²) in [6, 6.07) is 13.0. The van der Waals surface area contributed by atoms with E-state index >= 15 is 0 Å². The molecule has 158 valence electrons. The molecule has 1 amide bonds. The minimum Gasteiger partial charge on any atom is -0.494 e. The summed E-state index contributed by atoms with van der Waals surface area (Å²) in [6.07, 6.45) is 0.723. The van der Waals surface area contributed by atoms with Gasteiger partial charge in [-0.25, -0.2) is 8.42 Å². The van der Waals surface area contributed by atoms with Gasteiger partial charge in [0.2, 0.25) is 5.91 Å². The molecule has 0 bridgehead atoms. The van der Waals surface area contributed by atoms with Crippen LogP contribution in [0.5, 0.6) is 5.75 Å². The van der Waals surface area contributed by atoms with E-state index in [1.54, 1.807) is 36.4 Å². The third-order valence-electron chi connectivity index (χ3n) is 4.49. The maximum absolute atomic E-state index is 13.3. The Morgan fingerprint density at radius 3 is 2.17 bits per heavy atom. The Bertz CT molecular complexity index is 926. The molecule has 0 radical (unpaired) electrons. The van der Waals surface area contributed by atoms with Gasteiger partial charge in [0.1, 0.15) is 12.3 Å². The van der Waals surface area contributed by atoms with Gasteiger partial charge in [0, 0.05) is 10.0 Å². The second-order valence-corrected chi connectivity index (χ2v) is 9.96. The van der Waals surface area contributed by atoms with Crippen molar-refractivity contribution in [1.82, 2.24) is 5.32 Å². The van der Waals surface area contributed by atoms with Crippen molar-refractivity contribution in [2.45, 2.75) is 44.6 Å². The van der Waals surface area contributed by atoms with Crippen LogP contribution in [0.15, 0.2) is 57.9 Å². The number of ether oxygens (including phenoxy) is 1. The number of hydrogen-bond acceptors (Lipinski definition) is 4. The molecule has 0 spiro atoms. The number of benzene rings is 2. The first-order valence-electron chi connectivity index (χ1n) is 9.41. The van der Waals surface area contributed by atoms with Crippen LogP contribution in [-0.4, -0.2) is 33.0 Å². The van der Waals surface area contributed by atoms with Gasteiger partial charge < -0.3 is 10.1 Å². The summed E-state index contributed by atoms with van der Waals surface area (Å²) in [4.78, 5) is 12.8. The van der Waals surface area contributed by atoms with E-state index in [2.05, 4.69) is 21.2 Å². The number of amides is 1. The molecule has 0 heterocycles. The molecule has 0 aromatic heterocycles. The average molecular weight is 483 g/mol. The highest BCUT2D eigenvalue weighted by Gasteiger charge is 2.29. The molecule has 0 aliphatic carbocycles. The first kappa shape index (κ1) is 23.2. The number of carbonyl (C=O) groups is 1. The molecule has 29 heavy (non-hydrogen) atoms. The van der Waals surface area contributed by atoms with E-state index in [9.17, 15) is 13.2 Å². The van der Waals surface area contributed by atoms with Crippen molar-refractivity contribution >= 4 is 37.5 Å². The minimum atomic E-state index is -3.94. The van der Waals surface area contributed by atoms with Crippen LogP contribution in [-0.2, 0) is 14.8 Å². The quantitative estimate of drug-likeness (QED) is 0.576. The first-order chi connectivity index (χ1) is 13.6. The number of nitrogens with one attached hydrogen (secondary N) is 1. The van der Waals surface area contributed by atoms with E-state index in [0.717, 1.165) is 15.2 Å². The van der Waals surface area contributed by atoms with Gasteiger partial charge in [-0.15, -0.1) is 0 Å². The molecule has 2 aromatic rings. The smallest absolute Gasteiger partial charge is 0.264 e. The second-order valence-electron chi connectivity index (χ2n) is 7.18. The molecule has 8 heteroatoms. The van der Waals surface area contributed by atoms with Crippen LogP contribution in [0, 0.1) is 0 Å². The predicted octanol–water partition coefficient (Wildman–Crippen LogP) is 4.35. The molecule has 6 nitrogen and oxygen atoms in total. The van der Waals surface area contributed by atoms with Crippen molar-refractivity contribution in [2.75, 3.05) is 17.5 Å². The van der Waals surface area contributed by atoms with Crippen molar-refractivity contribution in [3.05, 3.63) is 53.0 Å². The maximum atomic E-state index is 13.3. The number of hydrogen-bond donors (Lipinski definition) is 1. The zero-order valence-corrected chi connectivity index (χ0v) is 19.5. The average Bonchev–Trinajstić information content (AvgIpc) is 2.67. The normalized spacial score (nSPS) is 11.8. The van der Waals surface area contributed by atoms with E-state index in [0.29, 0.717) is 18.0 Å². The number of carbonyl (C=O) groups excluding carboxylic acids is 1. The zero-order valence-electron chi connectivity index (χ0n) is 17.1. The number of anilines is 1. The number of sulfonamides is 1. The van der Waals surface area contributed by atoms with Crippen LogP contribution < -0.4 is 14.4 Å². The summed E-state index contributed by atoms with van der Waals surface area (Å²) in [5, 5.41) is 2.89. The zero-order chi connectivity index (χ0) is 21.7. The fraction of sp³-hybridized carbons (Fsp3) is 0.381. The van der Waals surface area contributed by atoms with Gasteiger partial charge in [-0.2, -0.15) is 0 Å². The highest BCUT2D eigenvalue weighted by atomic mass is 79.9. The van der Waals surface area contributed by atoms with Gasteiger partial charge in [0.05, 0.1) is 17.2 Å². The van der Waals surface area contributed by atoms with Gasteiger partial charge >= 0.3 is 0 Å². The molecule has 0 unspecified atom stereocenters. The Balaban J connectivity index is 2.41. The summed E-state index contributed by atoms with van der Waals surface area (Å²) in [6.45, 7) is 7.82. The standard InChI is InChI=1S/C21H27BrN2O4S/c1-5-21(3,4)23-20(25)15-24(17-9-11-18(12-10-17)28-6-2)29(26,27)19-13-7-16(22)8-14-19/h7-14H,5-6,15H2,1-4H3,(H,23,25). The maximum Gasteiger partial charge on any atom is 0.264 e. The highest BCUT2D eigenvalue weighted by Crippen LogP contribution is 2.26. The molecular formula is C21H27BrN2O4S. The topological polar surface area (TPSA) is 75.7 Å². The van der Waals surface area contributed by atoms with Crippen molar-refractivity contribution in [1.29, 1.82) is 0 Å². The predicted molar refractivity (Wildman–Crippen MR) is 119 cm³/mol. The molecule has 2 rings (SSSR count). The third kappa shape index (κ3) is 6.21. The summed E-state index contributed by atoms with van der Waals surface area (Å²) >= 11 is 3.31. The van der Waals surface area contributed by atoms with Crippen LogP contribution in [0.25, 0.3) is 0 Å². The largest absolute Gasteiger partial charge is 0.494 e. The van der Waals surface area contributed by atoms with E-state index in [1.807, 2.05) is 27.7 Å². The lowest BCUT2D eigenvalue weighted by Gasteiger charge is -2.28. The van der Waals surface area contributed by atoms with E-state index in [4.69, 9.17) is 4.74 Å². The van der Waals surface area contributed by atoms with E-state index in [1.165, 1.54) is 12.1 Å². The Labute approximate surface area is 181 Å². The Kier molecular flexibility index (Phi) is 7.71. The van der Waals surface area contributed by atoms with Crippen molar-refractivity contribution in [3.8, 4) is 5.75 Å². The summed E-state index contributed by atoms with van der Waals surface area (Å²) in [5.41, 5.74) is -0.0380. The van der Waals surface area contributed by atoms with E-state index < -0.39 is 15.6 Å². The lowest BCUT2D eigenvalue weighted by atomic mass is 10.0. The molecule has 0 saturated heterocycles. The number of nitrogens with zero attached hydrogens (tertiary/aromatic N) is 1. The first-order valence-corrected chi connectivity index (χ1v) is 11.6. The monoisotopic (exact) mass is 482 g/mol. The van der Waals surface area contributed by atoms with Gasteiger partial charge in [-0.3, -0.25) is 9.10 Å². The molecule has 0 aliphatic heterocycles. The minimum absolute atomic E-state index is 0.108.